The summed E-state index contributed by atoms with van der Waals surface area (Å²) in [4.78, 5) is 14.7. The zero-order valence-corrected chi connectivity index (χ0v) is 13.5. The second-order valence-electron chi connectivity index (χ2n) is 7.03. The summed E-state index contributed by atoms with van der Waals surface area (Å²) < 4.78 is 13.0. The predicted octanol–water partition coefficient (Wildman–Crippen LogP) is 4.07. The van der Waals surface area contributed by atoms with Gasteiger partial charge in [0.2, 0.25) is 5.91 Å². The number of halogens is 1. The van der Waals surface area contributed by atoms with Crippen molar-refractivity contribution < 1.29 is 9.18 Å². The molecule has 0 saturated heterocycles. The van der Waals surface area contributed by atoms with Crippen molar-refractivity contribution in [3.05, 3.63) is 35.6 Å². The van der Waals surface area contributed by atoms with E-state index in [1.165, 1.54) is 12.1 Å². The van der Waals surface area contributed by atoms with Crippen LogP contribution in [0, 0.1) is 23.6 Å². The van der Waals surface area contributed by atoms with Gasteiger partial charge in [-0.15, -0.1) is 0 Å². The number of amides is 1. The first-order valence-corrected chi connectivity index (χ1v) is 7.92. The fourth-order valence-corrected chi connectivity index (χ4v) is 2.92. The van der Waals surface area contributed by atoms with Gasteiger partial charge in [0.1, 0.15) is 5.82 Å². The molecular formula is C18H26FNO. The molecule has 2 atom stereocenters. The van der Waals surface area contributed by atoms with Crippen LogP contribution in [0.3, 0.4) is 0 Å². The first-order chi connectivity index (χ1) is 9.88. The van der Waals surface area contributed by atoms with Gasteiger partial charge in [-0.3, -0.25) is 4.79 Å². The average molecular weight is 291 g/mol. The molecule has 1 fully saturated rings. The Labute approximate surface area is 127 Å². The molecule has 1 amide bonds. The zero-order chi connectivity index (χ0) is 15.6. The number of benzene rings is 1. The van der Waals surface area contributed by atoms with Crippen LogP contribution in [0.2, 0.25) is 0 Å². The lowest BCUT2D eigenvalue weighted by Crippen LogP contribution is -2.38. The van der Waals surface area contributed by atoms with Crippen molar-refractivity contribution in [1.82, 2.24) is 4.90 Å². The lowest BCUT2D eigenvalue weighted by atomic mass is 10.1. The van der Waals surface area contributed by atoms with Gasteiger partial charge in [0.15, 0.2) is 0 Å². The van der Waals surface area contributed by atoms with Crippen molar-refractivity contribution in [1.29, 1.82) is 0 Å². The summed E-state index contributed by atoms with van der Waals surface area (Å²) in [5, 5.41) is 0. The Morgan fingerprint density at radius 2 is 1.67 bits per heavy atom. The van der Waals surface area contributed by atoms with E-state index in [0.717, 1.165) is 25.1 Å². The molecule has 0 spiro atoms. The number of nitrogens with zero attached hydrogens (tertiary/aromatic N) is 1. The largest absolute Gasteiger partial charge is 0.342 e. The van der Waals surface area contributed by atoms with Crippen LogP contribution in [0.25, 0.3) is 0 Å². The highest BCUT2D eigenvalue weighted by Gasteiger charge is 2.45. The van der Waals surface area contributed by atoms with E-state index in [-0.39, 0.29) is 23.6 Å². The molecule has 1 aliphatic rings. The Kier molecular flexibility index (Phi) is 5.02. The highest BCUT2D eigenvalue weighted by Crippen LogP contribution is 2.48. The van der Waals surface area contributed by atoms with Gasteiger partial charge < -0.3 is 4.90 Å². The number of hydrogen-bond acceptors (Lipinski definition) is 1. The van der Waals surface area contributed by atoms with Crippen LogP contribution in [0.4, 0.5) is 4.39 Å². The third kappa shape index (κ3) is 4.29. The predicted molar refractivity (Wildman–Crippen MR) is 83.5 cm³/mol. The smallest absolute Gasteiger partial charge is 0.226 e. The Balaban J connectivity index is 2.00. The maximum atomic E-state index is 13.0. The van der Waals surface area contributed by atoms with E-state index in [4.69, 9.17) is 0 Å². The zero-order valence-electron chi connectivity index (χ0n) is 13.5. The van der Waals surface area contributed by atoms with Gasteiger partial charge in [-0.05, 0) is 41.9 Å². The van der Waals surface area contributed by atoms with Gasteiger partial charge in [-0.25, -0.2) is 4.39 Å². The van der Waals surface area contributed by atoms with Crippen LogP contribution in [-0.2, 0) is 4.79 Å². The molecule has 2 unspecified atom stereocenters. The Morgan fingerprint density at radius 1 is 1.14 bits per heavy atom. The minimum Gasteiger partial charge on any atom is -0.342 e. The summed E-state index contributed by atoms with van der Waals surface area (Å²) in [7, 11) is 0. The third-order valence-corrected chi connectivity index (χ3v) is 3.89. The highest BCUT2D eigenvalue weighted by atomic mass is 19.1. The van der Waals surface area contributed by atoms with E-state index < -0.39 is 0 Å². The maximum Gasteiger partial charge on any atom is 0.226 e. The molecule has 1 aromatic rings. The SMILES string of the molecule is CC(C)CN(CC(C)C)C(=O)C1CC1c1ccc(F)cc1. The summed E-state index contributed by atoms with van der Waals surface area (Å²) in [6, 6.07) is 6.58. The van der Waals surface area contributed by atoms with Crippen LogP contribution in [0.5, 0.6) is 0 Å². The molecule has 1 saturated carbocycles. The van der Waals surface area contributed by atoms with Crippen LogP contribution >= 0.6 is 0 Å². The molecule has 0 bridgehead atoms. The van der Waals surface area contributed by atoms with E-state index in [9.17, 15) is 9.18 Å². The van der Waals surface area contributed by atoms with Crippen LogP contribution in [0.1, 0.15) is 45.6 Å². The van der Waals surface area contributed by atoms with Crippen molar-refractivity contribution in [2.24, 2.45) is 17.8 Å². The number of rotatable bonds is 6. The highest BCUT2D eigenvalue weighted by molar-refractivity contribution is 5.83. The van der Waals surface area contributed by atoms with Crippen molar-refractivity contribution in [2.75, 3.05) is 13.1 Å². The third-order valence-electron chi connectivity index (χ3n) is 3.89. The monoisotopic (exact) mass is 291 g/mol. The lowest BCUT2D eigenvalue weighted by Gasteiger charge is -2.26. The van der Waals surface area contributed by atoms with Gasteiger partial charge in [0.05, 0.1) is 0 Å². The van der Waals surface area contributed by atoms with Gasteiger partial charge in [-0.2, -0.15) is 0 Å². The minimum absolute atomic E-state index is 0.0907. The summed E-state index contributed by atoms with van der Waals surface area (Å²) in [6.45, 7) is 10.2. The molecule has 21 heavy (non-hydrogen) atoms. The fraction of sp³-hybridized carbons (Fsp3) is 0.611. The summed E-state index contributed by atoms with van der Waals surface area (Å²) in [5.41, 5.74) is 1.09. The molecule has 0 aromatic heterocycles. The summed E-state index contributed by atoms with van der Waals surface area (Å²) >= 11 is 0. The van der Waals surface area contributed by atoms with E-state index in [2.05, 4.69) is 27.7 Å². The fourth-order valence-electron chi connectivity index (χ4n) is 2.92. The van der Waals surface area contributed by atoms with E-state index in [0.29, 0.717) is 11.8 Å². The van der Waals surface area contributed by atoms with Gasteiger partial charge in [-0.1, -0.05) is 39.8 Å². The quantitative estimate of drug-likeness (QED) is 0.773. The molecule has 0 aliphatic heterocycles. The van der Waals surface area contributed by atoms with Gasteiger partial charge in [0, 0.05) is 19.0 Å². The van der Waals surface area contributed by atoms with Crippen molar-refractivity contribution in [3.63, 3.8) is 0 Å². The van der Waals surface area contributed by atoms with Crippen LogP contribution in [0.15, 0.2) is 24.3 Å². The Bertz CT molecular complexity index is 470. The van der Waals surface area contributed by atoms with Crippen molar-refractivity contribution in [2.45, 2.75) is 40.0 Å². The molecule has 116 valence electrons. The van der Waals surface area contributed by atoms with Crippen molar-refractivity contribution >= 4 is 5.91 Å². The van der Waals surface area contributed by atoms with Crippen LogP contribution < -0.4 is 0 Å². The molecule has 0 heterocycles. The molecule has 1 aliphatic carbocycles. The van der Waals surface area contributed by atoms with E-state index >= 15 is 0 Å². The molecule has 3 heteroatoms. The number of carbonyl (C=O) groups excluding carboxylic acids is 1. The van der Waals surface area contributed by atoms with Gasteiger partial charge >= 0.3 is 0 Å². The molecule has 1 aromatic carbocycles. The normalized spacial score (nSPS) is 20.9. The Hall–Kier alpha value is -1.38. The van der Waals surface area contributed by atoms with E-state index in [1.54, 1.807) is 0 Å². The maximum absolute atomic E-state index is 13.0. The molecular weight excluding hydrogens is 265 g/mol. The number of carbonyl (C=O) groups is 1. The number of hydrogen-bond donors (Lipinski definition) is 0. The summed E-state index contributed by atoms with van der Waals surface area (Å²) in [6.07, 6.45) is 0.900. The minimum atomic E-state index is -0.219. The molecule has 0 radical (unpaired) electrons. The first kappa shape index (κ1) is 16.0. The van der Waals surface area contributed by atoms with Crippen molar-refractivity contribution in [3.8, 4) is 0 Å². The molecule has 0 N–H and O–H groups in total. The topological polar surface area (TPSA) is 20.3 Å². The second-order valence-corrected chi connectivity index (χ2v) is 7.03. The standard InChI is InChI=1S/C18H26FNO/c1-12(2)10-20(11-13(3)4)18(21)17-9-16(17)14-5-7-15(19)8-6-14/h5-8,12-13,16-17H,9-11H2,1-4H3. The lowest BCUT2D eigenvalue weighted by molar-refractivity contribution is -0.133. The molecule has 2 nitrogen and oxygen atoms in total. The Morgan fingerprint density at radius 3 is 2.14 bits per heavy atom. The molecule has 2 rings (SSSR count). The second kappa shape index (κ2) is 6.59. The van der Waals surface area contributed by atoms with Gasteiger partial charge in [0.25, 0.3) is 0 Å². The average Bonchev–Trinajstić information content (AvgIpc) is 3.17. The first-order valence-electron chi connectivity index (χ1n) is 7.92. The van der Waals surface area contributed by atoms with Crippen LogP contribution in [-0.4, -0.2) is 23.9 Å². The summed E-state index contributed by atoms with van der Waals surface area (Å²) in [5.74, 6) is 1.38. The van der Waals surface area contributed by atoms with E-state index in [1.807, 2.05) is 17.0 Å².